The second-order valence-electron chi connectivity index (χ2n) is 3.40. The smallest absolute Gasteiger partial charge is 0.258 e. The van der Waals surface area contributed by atoms with Crippen LogP contribution in [-0.4, -0.2) is 24.2 Å². The summed E-state index contributed by atoms with van der Waals surface area (Å²) in [7, 11) is 3.12. The van der Waals surface area contributed by atoms with Gasteiger partial charge in [0.1, 0.15) is 11.5 Å². The standard InChI is InChI=1S/C12H12N2O3/c1-16-9-3-8(4-10(5-9)17-2)11-6-13-7-14-12(11)15/h3-7H,1-2H3,(H,13,14,15). The molecular weight excluding hydrogens is 220 g/mol. The van der Waals surface area contributed by atoms with Crippen molar-refractivity contribution >= 4 is 0 Å². The zero-order valence-corrected chi connectivity index (χ0v) is 9.56. The summed E-state index contributed by atoms with van der Waals surface area (Å²) in [4.78, 5) is 18.1. The highest BCUT2D eigenvalue weighted by atomic mass is 16.5. The molecule has 5 nitrogen and oxygen atoms in total. The third-order valence-corrected chi connectivity index (χ3v) is 2.38. The maximum atomic E-state index is 11.6. The Hall–Kier alpha value is -2.30. The van der Waals surface area contributed by atoms with Crippen molar-refractivity contribution < 1.29 is 9.47 Å². The summed E-state index contributed by atoms with van der Waals surface area (Å²) in [6.07, 6.45) is 2.86. The third kappa shape index (κ3) is 2.28. The topological polar surface area (TPSA) is 64.2 Å². The summed E-state index contributed by atoms with van der Waals surface area (Å²) >= 11 is 0. The van der Waals surface area contributed by atoms with E-state index in [1.807, 2.05) is 0 Å². The number of rotatable bonds is 3. The molecule has 1 aromatic heterocycles. The van der Waals surface area contributed by atoms with E-state index in [4.69, 9.17) is 9.47 Å². The number of methoxy groups -OCH3 is 2. The lowest BCUT2D eigenvalue weighted by Crippen LogP contribution is -2.08. The second kappa shape index (κ2) is 4.69. The Morgan fingerprint density at radius 1 is 1.12 bits per heavy atom. The van der Waals surface area contributed by atoms with Crippen LogP contribution < -0.4 is 15.0 Å². The van der Waals surface area contributed by atoms with Crippen LogP contribution in [0.4, 0.5) is 0 Å². The van der Waals surface area contributed by atoms with Crippen molar-refractivity contribution in [1.82, 2.24) is 9.97 Å². The number of nitrogens with zero attached hydrogens (tertiary/aromatic N) is 1. The number of ether oxygens (including phenoxy) is 2. The maximum Gasteiger partial charge on any atom is 0.258 e. The van der Waals surface area contributed by atoms with Gasteiger partial charge in [-0.05, 0) is 17.7 Å². The van der Waals surface area contributed by atoms with Crippen LogP contribution in [0.3, 0.4) is 0 Å². The lowest BCUT2D eigenvalue weighted by atomic mass is 10.1. The number of nitrogens with one attached hydrogen (secondary N) is 1. The molecule has 1 heterocycles. The molecule has 0 aliphatic rings. The van der Waals surface area contributed by atoms with Crippen molar-refractivity contribution in [1.29, 1.82) is 0 Å². The fourth-order valence-corrected chi connectivity index (χ4v) is 1.51. The quantitative estimate of drug-likeness (QED) is 0.870. The van der Waals surface area contributed by atoms with Gasteiger partial charge in [-0.3, -0.25) is 4.79 Å². The number of aromatic amines is 1. The monoisotopic (exact) mass is 232 g/mol. The van der Waals surface area contributed by atoms with Crippen molar-refractivity contribution in [2.45, 2.75) is 0 Å². The average Bonchev–Trinajstić information content (AvgIpc) is 2.38. The van der Waals surface area contributed by atoms with Crippen LogP contribution in [0, 0.1) is 0 Å². The van der Waals surface area contributed by atoms with Crippen molar-refractivity contribution in [2.24, 2.45) is 0 Å². The Labute approximate surface area is 98.0 Å². The van der Waals surface area contributed by atoms with Crippen LogP contribution in [0.2, 0.25) is 0 Å². The molecule has 0 spiro atoms. The van der Waals surface area contributed by atoms with E-state index in [2.05, 4.69) is 9.97 Å². The molecule has 1 N–H and O–H groups in total. The van der Waals surface area contributed by atoms with E-state index in [1.54, 1.807) is 32.4 Å². The molecule has 2 rings (SSSR count). The van der Waals surface area contributed by atoms with Gasteiger partial charge in [0.2, 0.25) is 0 Å². The van der Waals surface area contributed by atoms with Gasteiger partial charge in [-0.1, -0.05) is 0 Å². The summed E-state index contributed by atoms with van der Waals surface area (Å²) in [5.41, 5.74) is 0.982. The van der Waals surface area contributed by atoms with Crippen LogP contribution in [0.25, 0.3) is 11.1 Å². The van der Waals surface area contributed by atoms with Crippen LogP contribution in [-0.2, 0) is 0 Å². The van der Waals surface area contributed by atoms with E-state index in [-0.39, 0.29) is 5.56 Å². The second-order valence-corrected chi connectivity index (χ2v) is 3.40. The SMILES string of the molecule is COc1cc(OC)cc(-c2cnc[nH]c2=O)c1. The summed E-state index contributed by atoms with van der Waals surface area (Å²) < 4.78 is 10.3. The van der Waals surface area contributed by atoms with Gasteiger partial charge in [-0.2, -0.15) is 0 Å². The lowest BCUT2D eigenvalue weighted by Gasteiger charge is -2.07. The van der Waals surface area contributed by atoms with Gasteiger partial charge < -0.3 is 14.5 Å². The fourth-order valence-electron chi connectivity index (χ4n) is 1.51. The first-order valence-electron chi connectivity index (χ1n) is 5.00. The Morgan fingerprint density at radius 2 is 1.76 bits per heavy atom. The van der Waals surface area contributed by atoms with Crippen molar-refractivity contribution in [2.75, 3.05) is 14.2 Å². The minimum Gasteiger partial charge on any atom is -0.497 e. The summed E-state index contributed by atoms with van der Waals surface area (Å²) in [6, 6.07) is 5.26. The molecule has 0 aliphatic heterocycles. The van der Waals surface area contributed by atoms with Crippen LogP contribution in [0.1, 0.15) is 0 Å². The molecule has 5 heteroatoms. The highest BCUT2D eigenvalue weighted by Gasteiger charge is 2.07. The fraction of sp³-hybridized carbons (Fsp3) is 0.167. The number of H-pyrrole nitrogens is 1. The van der Waals surface area contributed by atoms with Crippen LogP contribution in [0.15, 0.2) is 35.5 Å². The average molecular weight is 232 g/mol. The lowest BCUT2D eigenvalue weighted by molar-refractivity contribution is 0.394. The summed E-state index contributed by atoms with van der Waals surface area (Å²) in [5, 5.41) is 0. The molecule has 17 heavy (non-hydrogen) atoms. The molecule has 88 valence electrons. The molecular formula is C12H12N2O3. The Bertz CT molecular complexity index is 556. The van der Waals surface area contributed by atoms with E-state index in [0.29, 0.717) is 22.6 Å². The van der Waals surface area contributed by atoms with Gasteiger partial charge in [-0.25, -0.2) is 4.98 Å². The van der Waals surface area contributed by atoms with E-state index < -0.39 is 0 Å². The first-order valence-corrected chi connectivity index (χ1v) is 5.00. The first-order chi connectivity index (χ1) is 8.24. The Morgan fingerprint density at radius 3 is 2.29 bits per heavy atom. The van der Waals surface area contributed by atoms with Crippen molar-refractivity contribution in [3.05, 3.63) is 41.1 Å². The van der Waals surface area contributed by atoms with Gasteiger partial charge in [0.15, 0.2) is 0 Å². The largest absolute Gasteiger partial charge is 0.497 e. The molecule has 0 bridgehead atoms. The van der Waals surface area contributed by atoms with Gasteiger partial charge in [0, 0.05) is 12.3 Å². The normalized spacial score (nSPS) is 10.0. The van der Waals surface area contributed by atoms with Gasteiger partial charge >= 0.3 is 0 Å². The predicted molar refractivity (Wildman–Crippen MR) is 63.4 cm³/mol. The zero-order valence-electron chi connectivity index (χ0n) is 9.56. The molecule has 1 aromatic carbocycles. The summed E-state index contributed by atoms with van der Waals surface area (Å²) in [5.74, 6) is 1.25. The van der Waals surface area contributed by atoms with Crippen molar-refractivity contribution in [3.63, 3.8) is 0 Å². The van der Waals surface area contributed by atoms with E-state index in [1.165, 1.54) is 12.5 Å². The highest BCUT2D eigenvalue weighted by Crippen LogP contribution is 2.27. The molecule has 0 saturated heterocycles. The van der Waals surface area contributed by atoms with Crippen LogP contribution in [0.5, 0.6) is 11.5 Å². The number of hydrogen-bond donors (Lipinski definition) is 1. The molecule has 0 unspecified atom stereocenters. The minimum absolute atomic E-state index is 0.199. The molecule has 0 fully saturated rings. The number of benzene rings is 1. The third-order valence-electron chi connectivity index (χ3n) is 2.38. The molecule has 0 saturated carbocycles. The molecule has 0 atom stereocenters. The van der Waals surface area contributed by atoms with Gasteiger partial charge in [-0.15, -0.1) is 0 Å². The molecule has 2 aromatic rings. The highest BCUT2D eigenvalue weighted by molar-refractivity contribution is 5.65. The maximum absolute atomic E-state index is 11.6. The van der Waals surface area contributed by atoms with E-state index in [0.717, 1.165) is 0 Å². The van der Waals surface area contributed by atoms with Crippen LogP contribution >= 0.6 is 0 Å². The Balaban J connectivity index is 2.59. The number of aromatic nitrogens is 2. The minimum atomic E-state index is -0.199. The van der Waals surface area contributed by atoms with Crippen molar-refractivity contribution in [3.8, 4) is 22.6 Å². The number of hydrogen-bond acceptors (Lipinski definition) is 4. The Kier molecular flexibility index (Phi) is 3.09. The van der Waals surface area contributed by atoms with Gasteiger partial charge in [0.25, 0.3) is 5.56 Å². The van der Waals surface area contributed by atoms with E-state index in [9.17, 15) is 4.79 Å². The summed E-state index contributed by atoms with van der Waals surface area (Å²) in [6.45, 7) is 0. The molecule has 0 radical (unpaired) electrons. The molecule has 0 aliphatic carbocycles. The van der Waals surface area contributed by atoms with Gasteiger partial charge in [0.05, 0.1) is 26.1 Å². The zero-order chi connectivity index (χ0) is 12.3. The predicted octanol–water partition coefficient (Wildman–Crippen LogP) is 1.45. The first kappa shape index (κ1) is 11.2. The van der Waals surface area contributed by atoms with E-state index >= 15 is 0 Å². The molecule has 0 amide bonds.